The average Bonchev–Trinajstić information content (AvgIpc) is 2.41. The second-order valence-corrected chi connectivity index (χ2v) is 6.87. The summed E-state index contributed by atoms with van der Waals surface area (Å²) < 4.78 is 0. The number of carbonyl (C=O) groups is 1. The molecule has 0 aromatic heterocycles. The molecule has 4 nitrogen and oxygen atoms in total. The van der Waals surface area contributed by atoms with Gasteiger partial charge in [0.25, 0.3) is 0 Å². The van der Waals surface area contributed by atoms with E-state index in [9.17, 15) is 4.79 Å². The lowest BCUT2D eigenvalue weighted by Crippen LogP contribution is -2.47. The van der Waals surface area contributed by atoms with Crippen LogP contribution in [0.4, 0.5) is 0 Å². The van der Waals surface area contributed by atoms with Gasteiger partial charge in [0.2, 0.25) is 5.91 Å². The van der Waals surface area contributed by atoms with E-state index in [2.05, 4.69) is 11.8 Å². The predicted octanol–water partition coefficient (Wildman–Crippen LogP) is 2.68. The van der Waals surface area contributed by atoms with Gasteiger partial charge in [-0.25, -0.2) is 0 Å². The fourth-order valence-electron chi connectivity index (χ4n) is 3.61. The zero-order valence-electron chi connectivity index (χ0n) is 14.0. The number of nitrogens with zero attached hydrogens (tertiary/aromatic N) is 2. The summed E-state index contributed by atoms with van der Waals surface area (Å²) in [6.45, 7) is 8.54. The van der Waals surface area contributed by atoms with Crippen LogP contribution in [0.1, 0.15) is 52.4 Å². The van der Waals surface area contributed by atoms with Gasteiger partial charge in [-0.1, -0.05) is 6.42 Å². The lowest BCUT2D eigenvalue weighted by atomic mass is 9.94. The second-order valence-electron chi connectivity index (χ2n) is 6.87. The van der Waals surface area contributed by atoms with E-state index in [1.165, 1.54) is 38.8 Å². The van der Waals surface area contributed by atoms with Crippen molar-refractivity contribution < 1.29 is 4.79 Å². The predicted molar refractivity (Wildman–Crippen MR) is 97.0 cm³/mol. The molecule has 2 rings (SSSR count). The van der Waals surface area contributed by atoms with Crippen molar-refractivity contribution in [2.24, 2.45) is 11.7 Å². The minimum Gasteiger partial charge on any atom is -0.342 e. The van der Waals surface area contributed by atoms with E-state index < -0.39 is 0 Å². The summed E-state index contributed by atoms with van der Waals surface area (Å²) in [5, 5.41) is 0. The quantitative estimate of drug-likeness (QED) is 0.845. The van der Waals surface area contributed by atoms with Gasteiger partial charge in [-0.05, 0) is 52.0 Å². The van der Waals surface area contributed by atoms with E-state index in [0.717, 1.165) is 25.6 Å². The van der Waals surface area contributed by atoms with Crippen LogP contribution in [0.3, 0.4) is 0 Å². The molecule has 0 aromatic carbocycles. The Morgan fingerprint density at radius 3 is 2.55 bits per heavy atom. The molecular formula is C16H33Cl2N3O. The fourth-order valence-corrected chi connectivity index (χ4v) is 3.61. The molecule has 2 N–H and O–H groups in total. The molecule has 2 fully saturated rings. The van der Waals surface area contributed by atoms with Crippen LogP contribution in [0.5, 0.6) is 0 Å². The third-order valence-electron chi connectivity index (χ3n) is 4.80. The van der Waals surface area contributed by atoms with Crippen LogP contribution in [-0.4, -0.2) is 54.0 Å². The van der Waals surface area contributed by atoms with E-state index in [0.29, 0.717) is 12.3 Å². The summed E-state index contributed by atoms with van der Waals surface area (Å²) in [5.41, 5.74) is 5.75. The van der Waals surface area contributed by atoms with E-state index in [-0.39, 0.29) is 36.8 Å². The van der Waals surface area contributed by atoms with Crippen molar-refractivity contribution in [1.29, 1.82) is 0 Å². The van der Waals surface area contributed by atoms with Crippen molar-refractivity contribution >= 4 is 30.7 Å². The average molecular weight is 354 g/mol. The first kappa shape index (κ1) is 22.0. The maximum Gasteiger partial charge on any atom is 0.224 e. The third kappa shape index (κ3) is 6.61. The summed E-state index contributed by atoms with van der Waals surface area (Å²) in [5.74, 6) is 0.901. The van der Waals surface area contributed by atoms with Crippen molar-refractivity contribution in [2.75, 3.05) is 26.2 Å². The minimum absolute atomic E-state index is 0. The molecule has 0 bridgehead atoms. The van der Waals surface area contributed by atoms with Gasteiger partial charge in [-0.3, -0.25) is 4.79 Å². The molecule has 2 saturated heterocycles. The molecule has 132 valence electrons. The van der Waals surface area contributed by atoms with Gasteiger partial charge in [-0.15, -0.1) is 24.8 Å². The van der Waals surface area contributed by atoms with Crippen LogP contribution in [0.25, 0.3) is 0 Å². The molecule has 2 aliphatic heterocycles. The number of amides is 1. The summed E-state index contributed by atoms with van der Waals surface area (Å²) in [6, 6.07) is 0.698. The summed E-state index contributed by atoms with van der Waals surface area (Å²) in [7, 11) is 0. The van der Waals surface area contributed by atoms with E-state index >= 15 is 0 Å². The maximum atomic E-state index is 12.1. The number of hydrogen-bond acceptors (Lipinski definition) is 3. The van der Waals surface area contributed by atoms with Crippen molar-refractivity contribution in [3.8, 4) is 0 Å². The van der Waals surface area contributed by atoms with Crippen LogP contribution in [0, 0.1) is 5.92 Å². The monoisotopic (exact) mass is 353 g/mol. The van der Waals surface area contributed by atoms with Crippen molar-refractivity contribution in [2.45, 2.75) is 64.5 Å². The molecular weight excluding hydrogens is 321 g/mol. The number of rotatable bonds is 4. The van der Waals surface area contributed by atoms with E-state index in [1.54, 1.807) is 0 Å². The highest BCUT2D eigenvalue weighted by atomic mass is 35.5. The number of halogens is 2. The first-order valence-electron chi connectivity index (χ1n) is 8.33. The first-order chi connectivity index (χ1) is 9.56. The van der Waals surface area contributed by atoms with Gasteiger partial charge in [0, 0.05) is 38.1 Å². The third-order valence-corrected chi connectivity index (χ3v) is 4.80. The molecule has 0 aliphatic carbocycles. The van der Waals surface area contributed by atoms with Gasteiger partial charge in [-0.2, -0.15) is 0 Å². The number of hydrogen-bond donors (Lipinski definition) is 1. The van der Waals surface area contributed by atoms with Crippen LogP contribution in [0.2, 0.25) is 0 Å². The molecule has 0 saturated carbocycles. The molecule has 3 atom stereocenters. The van der Waals surface area contributed by atoms with Gasteiger partial charge in [0.15, 0.2) is 0 Å². The Hall–Kier alpha value is -0.0300. The molecule has 6 heteroatoms. The van der Waals surface area contributed by atoms with E-state index in [4.69, 9.17) is 5.73 Å². The largest absolute Gasteiger partial charge is 0.342 e. The Kier molecular flexibility index (Phi) is 10.7. The number of carbonyl (C=O) groups excluding carboxylic acids is 1. The highest BCUT2D eigenvalue weighted by Gasteiger charge is 2.27. The smallest absolute Gasteiger partial charge is 0.224 e. The molecule has 0 spiro atoms. The lowest BCUT2D eigenvalue weighted by molar-refractivity contribution is -0.133. The van der Waals surface area contributed by atoms with Crippen LogP contribution in [0.15, 0.2) is 0 Å². The Labute approximate surface area is 148 Å². The normalized spacial score (nSPS) is 27.5. The number of likely N-dealkylation sites (tertiary alicyclic amines) is 2. The maximum absolute atomic E-state index is 12.1. The van der Waals surface area contributed by atoms with E-state index in [1.807, 2.05) is 11.8 Å². The summed E-state index contributed by atoms with van der Waals surface area (Å²) >= 11 is 0. The molecule has 3 unspecified atom stereocenters. The summed E-state index contributed by atoms with van der Waals surface area (Å²) in [4.78, 5) is 16.8. The molecule has 1 amide bonds. The highest BCUT2D eigenvalue weighted by molar-refractivity contribution is 5.85. The SMILES string of the molecule is CC(N)CC(=O)N1CCCC(CN2CCCCC2C)C1.Cl.Cl. The van der Waals surface area contributed by atoms with Gasteiger partial charge < -0.3 is 15.5 Å². The second kappa shape index (κ2) is 10.7. The van der Waals surface area contributed by atoms with Gasteiger partial charge in [0.1, 0.15) is 0 Å². The van der Waals surface area contributed by atoms with Crippen molar-refractivity contribution in [3.63, 3.8) is 0 Å². The van der Waals surface area contributed by atoms with Crippen molar-refractivity contribution in [3.05, 3.63) is 0 Å². The Bertz CT molecular complexity index is 329. The van der Waals surface area contributed by atoms with Crippen LogP contribution < -0.4 is 5.73 Å². The topological polar surface area (TPSA) is 49.6 Å². The molecule has 2 aliphatic rings. The van der Waals surface area contributed by atoms with Gasteiger partial charge in [0.05, 0.1) is 0 Å². The summed E-state index contributed by atoms with van der Waals surface area (Å²) in [6.07, 6.45) is 6.96. The zero-order chi connectivity index (χ0) is 14.5. The number of piperidine rings is 2. The molecule has 0 radical (unpaired) electrons. The van der Waals surface area contributed by atoms with Crippen LogP contribution in [-0.2, 0) is 4.79 Å². The Morgan fingerprint density at radius 2 is 1.91 bits per heavy atom. The highest BCUT2D eigenvalue weighted by Crippen LogP contribution is 2.23. The standard InChI is InChI=1S/C16H31N3O.2ClH/c1-13(17)10-16(20)19-9-5-7-15(12-19)11-18-8-4-3-6-14(18)2;;/h13-15H,3-12,17H2,1-2H3;2*1H. The Balaban J connectivity index is 0.00000220. The Morgan fingerprint density at radius 1 is 1.18 bits per heavy atom. The lowest BCUT2D eigenvalue weighted by Gasteiger charge is -2.39. The fraction of sp³-hybridized carbons (Fsp3) is 0.938. The molecule has 22 heavy (non-hydrogen) atoms. The zero-order valence-corrected chi connectivity index (χ0v) is 15.6. The first-order valence-corrected chi connectivity index (χ1v) is 8.33. The van der Waals surface area contributed by atoms with Crippen molar-refractivity contribution in [1.82, 2.24) is 9.80 Å². The minimum atomic E-state index is -0.0232. The van der Waals surface area contributed by atoms with Gasteiger partial charge >= 0.3 is 0 Å². The molecule has 2 heterocycles. The number of nitrogens with two attached hydrogens (primary N) is 1. The van der Waals surface area contributed by atoms with Crippen LogP contribution >= 0.6 is 24.8 Å². The molecule has 0 aromatic rings.